The Balaban J connectivity index is 1.19. The van der Waals surface area contributed by atoms with E-state index in [0.717, 1.165) is 69.6 Å². The van der Waals surface area contributed by atoms with Crippen LogP contribution in [0.4, 0.5) is 5.69 Å². The molecule has 0 spiro atoms. The fraction of sp³-hybridized carbons (Fsp3) is 0.435. The summed E-state index contributed by atoms with van der Waals surface area (Å²) in [7, 11) is 0. The summed E-state index contributed by atoms with van der Waals surface area (Å²) in [6, 6.07) is 15.3. The van der Waals surface area contributed by atoms with Crippen LogP contribution in [0.1, 0.15) is 5.56 Å². The zero-order valence-corrected chi connectivity index (χ0v) is 18.0. The van der Waals surface area contributed by atoms with Gasteiger partial charge in [0.2, 0.25) is 5.91 Å². The molecule has 1 N–H and O–H groups in total. The summed E-state index contributed by atoms with van der Waals surface area (Å²) in [6.45, 7) is 8.38. The third-order valence-corrected chi connectivity index (χ3v) is 6.24. The topological polar surface area (TPSA) is 50.3 Å². The number of hydrogen-bond acceptors (Lipinski definition) is 5. The number of benzene rings is 2. The molecule has 2 aromatic rings. The molecule has 0 unspecified atom stereocenters. The van der Waals surface area contributed by atoms with Crippen LogP contribution >= 0.6 is 11.6 Å². The molecule has 2 fully saturated rings. The van der Waals surface area contributed by atoms with Crippen LogP contribution in [-0.4, -0.2) is 84.6 Å². The number of anilines is 1. The van der Waals surface area contributed by atoms with Crippen LogP contribution in [0.2, 0.25) is 5.02 Å². The lowest BCUT2D eigenvalue weighted by Crippen LogP contribution is -2.53. The molecule has 2 heterocycles. The van der Waals surface area contributed by atoms with Crippen molar-refractivity contribution >= 4 is 23.2 Å². The third kappa shape index (κ3) is 5.45. The smallest absolute Gasteiger partial charge is 0.236 e. The number of rotatable bonds is 5. The van der Waals surface area contributed by atoms with Crippen molar-refractivity contribution in [2.24, 2.45) is 0 Å². The number of piperazine rings is 2. The Morgan fingerprint density at radius 2 is 1.40 bits per heavy atom. The Morgan fingerprint density at radius 3 is 2.03 bits per heavy atom. The molecule has 2 aliphatic rings. The molecule has 0 radical (unpaired) electrons. The summed E-state index contributed by atoms with van der Waals surface area (Å²) in [4.78, 5) is 21.7. The number of carbonyl (C=O) groups is 1. The Labute approximate surface area is 183 Å². The van der Waals surface area contributed by atoms with Crippen molar-refractivity contribution < 1.29 is 9.90 Å². The van der Waals surface area contributed by atoms with Crippen molar-refractivity contribution in [2.45, 2.75) is 6.54 Å². The number of halogens is 1. The summed E-state index contributed by atoms with van der Waals surface area (Å²) in [5.41, 5.74) is 2.37. The van der Waals surface area contributed by atoms with Gasteiger partial charge in [-0.2, -0.15) is 0 Å². The van der Waals surface area contributed by atoms with Crippen LogP contribution in [0.25, 0.3) is 0 Å². The molecule has 4 rings (SSSR count). The van der Waals surface area contributed by atoms with Gasteiger partial charge in [-0.25, -0.2) is 0 Å². The van der Waals surface area contributed by atoms with E-state index in [4.69, 9.17) is 11.6 Å². The number of carbonyl (C=O) groups excluding carboxylic acids is 1. The lowest BCUT2D eigenvalue weighted by Gasteiger charge is -2.38. The fourth-order valence-electron chi connectivity index (χ4n) is 4.12. The molecule has 2 saturated heterocycles. The Hall–Kier alpha value is -2.28. The predicted molar refractivity (Wildman–Crippen MR) is 120 cm³/mol. The van der Waals surface area contributed by atoms with Crippen LogP contribution in [0.5, 0.6) is 5.75 Å². The second kappa shape index (κ2) is 9.69. The summed E-state index contributed by atoms with van der Waals surface area (Å²) >= 11 is 5.96. The van der Waals surface area contributed by atoms with Gasteiger partial charge in [0.25, 0.3) is 0 Å². The first-order valence-electron chi connectivity index (χ1n) is 10.6. The Morgan fingerprint density at radius 1 is 0.800 bits per heavy atom. The molecular formula is C23H29ClN4O2. The lowest BCUT2D eigenvalue weighted by atomic mass is 10.2. The molecule has 2 aromatic carbocycles. The molecule has 160 valence electrons. The third-order valence-electron chi connectivity index (χ3n) is 5.99. The Bertz CT molecular complexity index is 827. The Kier molecular flexibility index (Phi) is 6.77. The maximum absolute atomic E-state index is 12.8. The van der Waals surface area contributed by atoms with Crippen LogP contribution in [0.15, 0.2) is 48.5 Å². The minimum atomic E-state index is 0.228. The average Bonchev–Trinajstić information content (AvgIpc) is 2.77. The molecule has 0 aliphatic carbocycles. The van der Waals surface area contributed by atoms with Crippen molar-refractivity contribution in [3.63, 3.8) is 0 Å². The largest absolute Gasteiger partial charge is 0.508 e. The molecule has 7 heteroatoms. The second-order valence-electron chi connectivity index (χ2n) is 8.06. The highest BCUT2D eigenvalue weighted by Crippen LogP contribution is 2.20. The molecule has 0 aromatic heterocycles. The van der Waals surface area contributed by atoms with E-state index < -0.39 is 0 Å². The van der Waals surface area contributed by atoms with Crippen molar-refractivity contribution in [3.8, 4) is 5.75 Å². The van der Waals surface area contributed by atoms with E-state index in [9.17, 15) is 9.90 Å². The van der Waals surface area contributed by atoms with Crippen molar-refractivity contribution in [1.82, 2.24) is 14.7 Å². The number of phenolic OH excluding ortho intramolecular Hbond substituents is 1. The summed E-state index contributed by atoms with van der Waals surface area (Å²) in [5.74, 6) is 0.507. The number of nitrogens with zero attached hydrogens (tertiary/aromatic N) is 4. The molecule has 6 nitrogen and oxygen atoms in total. The molecular weight excluding hydrogens is 400 g/mol. The first-order valence-corrected chi connectivity index (χ1v) is 11.0. The van der Waals surface area contributed by atoms with E-state index in [-0.39, 0.29) is 11.7 Å². The first-order chi connectivity index (χ1) is 14.6. The number of amides is 1. The van der Waals surface area contributed by atoms with Crippen LogP contribution in [0, 0.1) is 0 Å². The number of phenols is 1. The van der Waals surface area contributed by atoms with E-state index >= 15 is 0 Å². The zero-order valence-electron chi connectivity index (χ0n) is 17.2. The van der Waals surface area contributed by atoms with Gasteiger partial charge < -0.3 is 14.9 Å². The van der Waals surface area contributed by atoms with Crippen molar-refractivity contribution in [1.29, 1.82) is 0 Å². The average molecular weight is 429 g/mol. The van der Waals surface area contributed by atoms with Gasteiger partial charge in [-0.05, 0) is 42.0 Å². The van der Waals surface area contributed by atoms with E-state index in [1.165, 1.54) is 5.56 Å². The van der Waals surface area contributed by atoms with Crippen molar-refractivity contribution in [2.75, 3.05) is 63.8 Å². The van der Waals surface area contributed by atoms with Crippen LogP contribution in [0.3, 0.4) is 0 Å². The normalized spacial score (nSPS) is 18.6. The zero-order chi connectivity index (χ0) is 20.9. The van der Waals surface area contributed by atoms with Gasteiger partial charge in [0, 0.05) is 69.6 Å². The van der Waals surface area contributed by atoms with E-state index in [2.05, 4.69) is 26.8 Å². The van der Waals surface area contributed by atoms with Gasteiger partial charge in [-0.1, -0.05) is 23.7 Å². The molecule has 0 saturated carbocycles. The summed E-state index contributed by atoms with van der Waals surface area (Å²) < 4.78 is 0. The van der Waals surface area contributed by atoms with Crippen LogP contribution in [-0.2, 0) is 11.3 Å². The SMILES string of the molecule is O=C(CN1CCN(Cc2ccc(Cl)cc2)CC1)N1CCN(c2ccc(O)cc2)CC1. The number of hydrogen-bond donors (Lipinski definition) is 1. The molecule has 30 heavy (non-hydrogen) atoms. The summed E-state index contributed by atoms with van der Waals surface area (Å²) in [5, 5.41) is 10.2. The molecule has 2 aliphatic heterocycles. The van der Waals surface area contributed by atoms with Crippen LogP contribution < -0.4 is 4.90 Å². The van der Waals surface area contributed by atoms with Gasteiger partial charge in [-0.3, -0.25) is 14.6 Å². The van der Waals surface area contributed by atoms with E-state index in [1.54, 1.807) is 12.1 Å². The van der Waals surface area contributed by atoms with Gasteiger partial charge >= 0.3 is 0 Å². The van der Waals surface area contributed by atoms with Gasteiger partial charge in [0.15, 0.2) is 0 Å². The standard InChI is InChI=1S/C23H29ClN4O2/c24-20-3-1-19(2-4-20)17-25-9-11-26(12-10-25)18-23(30)28-15-13-27(14-16-28)21-5-7-22(29)8-6-21/h1-8,29H,9-18H2. The minimum Gasteiger partial charge on any atom is -0.508 e. The van der Waals surface area contributed by atoms with Crippen molar-refractivity contribution in [3.05, 3.63) is 59.1 Å². The lowest BCUT2D eigenvalue weighted by molar-refractivity contribution is -0.133. The highest BCUT2D eigenvalue weighted by molar-refractivity contribution is 6.30. The number of aromatic hydroxyl groups is 1. The molecule has 0 atom stereocenters. The minimum absolute atomic E-state index is 0.228. The van der Waals surface area contributed by atoms with E-state index in [1.807, 2.05) is 29.2 Å². The molecule has 1 amide bonds. The highest BCUT2D eigenvalue weighted by Gasteiger charge is 2.25. The van der Waals surface area contributed by atoms with Gasteiger partial charge in [0.05, 0.1) is 6.54 Å². The van der Waals surface area contributed by atoms with Gasteiger partial charge in [-0.15, -0.1) is 0 Å². The monoisotopic (exact) mass is 428 g/mol. The predicted octanol–water partition coefficient (Wildman–Crippen LogP) is 2.51. The van der Waals surface area contributed by atoms with E-state index in [0.29, 0.717) is 6.54 Å². The molecule has 0 bridgehead atoms. The maximum Gasteiger partial charge on any atom is 0.236 e. The second-order valence-corrected chi connectivity index (χ2v) is 8.50. The fourth-order valence-corrected chi connectivity index (χ4v) is 4.25. The summed E-state index contributed by atoms with van der Waals surface area (Å²) in [6.07, 6.45) is 0. The maximum atomic E-state index is 12.8. The first kappa shape index (κ1) is 21.0. The quantitative estimate of drug-likeness (QED) is 0.793. The highest BCUT2D eigenvalue weighted by atomic mass is 35.5. The van der Waals surface area contributed by atoms with Gasteiger partial charge in [0.1, 0.15) is 5.75 Å².